The van der Waals surface area contributed by atoms with Crippen LogP contribution in [-0.2, 0) is 0 Å². The highest BCUT2D eigenvalue weighted by Gasteiger charge is 2.18. The van der Waals surface area contributed by atoms with Crippen molar-refractivity contribution in [2.24, 2.45) is 0 Å². The average molecular weight is 435 g/mol. The SMILES string of the molecule is CC(NC(=O)c1nc2cc(C(=N)c3ccncc3)c(N)cc2[nH]1)c1cccc2ccccc12. The molecule has 33 heavy (non-hydrogen) atoms. The van der Waals surface area contributed by atoms with Gasteiger partial charge in [-0.15, -0.1) is 0 Å². The van der Waals surface area contributed by atoms with E-state index in [1.807, 2.05) is 31.2 Å². The van der Waals surface area contributed by atoms with Crippen LogP contribution in [0.3, 0.4) is 0 Å². The number of H-pyrrole nitrogens is 1. The van der Waals surface area contributed by atoms with E-state index in [0.717, 1.165) is 16.3 Å². The van der Waals surface area contributed by atoms with Crippen LogP contribution < -0.4 is 11.1 Å². The Balaban J connectivity index is 1.43. The standard InChI is InChI=1S/C26H22N6O/c1-15(18-8-4-6-16-5-2-3-7-19(16)18)30-26(33)25-31-22-13-20(21(27)14-23(22)32-25)24(28)17-9-11-29-12-10-17/h2-15,28H,27H2,1H3,(H,30,33)(H,31,32). The van der Waals surface area contributed by atoms with Crippen LogP contribution in [0.15, 0.2) is 79.1 Å². The molecule has 0 aliphatic rings. The number of aromatic amines is 1. The van der Waals surface area contributed by atoms with E-state index in [2.05, 4.69) is 38.5 Å². The minimum atomic E-state index is -0.309. The summed E-state index contributed by atoms with van der Waals surface area (Å²) >= 11 is 0. The predicted octanol–water partition coefficient (Wildman–Crippen LogP) is 4.60. The molecule has 0 radical (unpaired) electrons. The van der Waals surface area contributed by atoms with E-state index in [0.29, 0.717) is 27.8 Å². The third-order valence-electron chi connectivity index (χ3n) is 5.74. The van der Waals surface area contributed by atoms with Gasteiger partial charge in [0.2, 0.25) is 0 Å². The maximum Gasteiger partial charge on any atom is 0.287 e. The fourth-order valence-electron chi connectivity index (χ4n) is 4.04. The number of imidazole rings is 1. The molecule has 0 spiro atoms. The molecule has 7 nitrogen and oxygen atoms in total. The molecule has 0 bridgehead atoms. The van der Waals surface area contributed by atoms with Gasteiger partial charge in [0.05, 0.1) is 22.8 Å². The van der Waals surface area contributed by atoms with Gasteiger partial charge in [-0.2, -0.15) is 0 Å². The Kier molecular flexibility index (Phi) is 5.06. The number of pyridine rings is 1. The molecule has 0 fully saturated rings. The molecule has 7 heteroatoms. The summed E-state index contributed by atoms with van der Waals surface area (Å²) in [6, 6.07) is 20.9. The van der Waals surface area contributed by atoms with Crippen molar-refractivity contribution in [2.45, 2.75) is 13.0 Å². The molecule has 1 amide bonds. The van der Waals surface area contributed by atoms with Crippen LogP contribution in [0.4, 0.5) is 5.69 Å². The number of hydrogen-bond acceptors (Lipinski definition) is 5. The molecule has 0 saturated heterocycles. The monoisotopic (exact) mass is 434 g/mol. The van der Waals surface area contributed by atoms with Crippen LogP contribution in [0.5, 0.6) is 0 Å². The van der Waals surface area contributed by atoms with E-state index in [1.165, 1.54) is 0 Å². The molecule has 3 aromatic carbocycles. The Bertz CT molecular complexity index is 1500. The second kappa shape index (κ2) is 8.20. The van der Waals surface area contributed by atoms with Gasteiger partial charge in [-0.25, -0.2) is 4.98 Å². The summed E-state index contributed by atoms with van der Waals surface area (Å²) < 4.78 is 0. The molecule has 5 N–H and O–H groups in total. The van der Waals surface area contributed by atoms with Crippen LogP contribution >= 0.6 is 0 Å². The Morgan fingerprint density at radius 2 is 1.82 bits per heavy atom. The summed E-state index contributed by atoms with van der Waals surface area (Å²) in [4.78, 5) is 24.5. The Hall–Kier alpha value is -4.52. The van der Waals surface area contributed by atoms with E-state index in [1.54, 1.807) is 36.7 Å². The van der Waals surface area contributed by atoms with E-state index in [4.69, 9.17) is 11.1 Å². The minimum absolute atomic E-state index is 0.198. The first-order valence-electron chi connectivity index (χ1n) is 10.6. The number of nitrogens with one attached hydrogen (secondary N) is 3. The second-order valence-electron chi connectivity index (χ2n) is 7.92. The first-order chi connectivity index (χ1) is 16.0. The molecular weight excluding hydrogens is 412 g/mol. The lowest BCUT2D eigenvalue weighted by Gasteiger charge is -2.16. The number of nitrogens with zero attached hydrogens (tertiary/aromatic N) is 2. The molecule has 1 atom stereocenters. The van der Waals surface area contributed by atoms with Gasteiger partial charge in [0.1, 0.15) is 0 Å². The molecule has 0 aliphatic heterocycles. The number of aromatic nitrogens is 3. The highest BCUT2D eigenvalue weighted by molar-refractivity contribution is 6.15. The van der Waals surface area contributed by atoms with Crippen molar-refractivity contribution in [2.75, 3.05) is 5.73 Å². The van der Waals surface area contributed by atoms with Crippen LogP contribution in [0.1, 0.15) is 40.3 Å². The van der Waals surface area contributed by atoms with Crippen molar-refractivity contribution in [3.8, 4) is 0 Å². The largest absolute Gasteiger partial charge is 0.398 e. The number of nitrogen functional groups attached to an aromatic ring is 1. The summed E-state index contributed by atoms with van der Waals surface area (Å²) in [5.74, 6) is -0.111. The maximum atomic E-state index is 13.0. The summed E-state index contributed by atoms with van der Waals surface area (Å²) in [6.45, 7) is 1.95. The van der Waals surface area contributed by atoms with Crippen LogP contribution in [0.2, 0.25) is 0 Å². The predicted molar refractivity (Wildman–Crippen MR) is 131 cm³/mol. The second-order valence-corrected chi connectivity index (χ2v) is 7.92. The first-order valence-corrected chi connectivity index (χ1v) is 10.6. The Morgan fingerprint density at radius 3 is 2.64 bits per heavy atom. The van der Waals surface area contributed by atoms with Gasteiger partial charge < -0.3 is 16.0 Å². The normalized spacial score (nSPS) is 12.0. The van der Waals surface area contributed by atoms with Crippen LogP contribution in [-0.4, -0.2) is 26.6 Å². The smallest absolute Gasteiger partial charge is 0.287 e. The third-order valence-corrected chi connectivity index (χ3v) is 5.74. The topological polar surface area (TPSA) is 121 Å². The molecule has 1 unspecified atom stereocenters. The van der Waals surface area contributed by atoms with Gasteiger partial charge in [-0.3, -0.25) is 15.2 Å². The van der Waals surface area contributed by atoms with E-state index < -0.39 is 0 Å². The quantitative estimate of drug-likeness (QED) is 0.239. The lowest BCUT2D eigenvalue weighted by atomic mass is 10.00. The van der Waals surface area contributed by atoms with Gasteiger partial charge in [0, 0.05) is 29.2 Å². The molecule has 0 saturated carbocycles. The van der Waals surface area contributed by atoms with Crippen molar-refractivity contribution < 1.29 is 4.79 Å². The number of fused-ring (bicyclic) bond motifs is 2. The summed E-state index contributed by atoms with van der Waals surface area (Å²) in [7, 11) is 0. The number of rotatable bonds is 5. The third kappa shape index (κ3) is 3.80. The van der Waals surface area contributed by atoms with Crippen molar-refractivity contribution in [1.29, 1.82) is 5.41 Å². The van der Waals surface area contributed by atoms with Crippen LogP contribution in [0, 0.1) is 5.41 Å². The van der Waals surface area contributed by atoms with E-state index in [9.17, 15) is 4.79 Å². The van der Waals surface area contributed by atoms with Crippen molar-refractivity contribution in [3.05, 3.63) is 102 Å². The molecule has 2 aromatic heterocycles. The zero-order valence-electron chi connectivity index (χ0n) is 18.0. The number of amides is 1. The fourth-order valence-corrected chi connectivity index (χ4v) is 4.04. The number of benzene rings is 3. The highest BCUT2D eigenvalue weighted by atomic mass is 16.2. The van der Waals surface area contributed by atoms with Gasteiger partial charge >= 0.3 is 0 Å². The van der Waals surface area contributed by atoms with E-state index in [-0.39, 0.29) is 23.5 Å². The molecule has 2 heterocycles. The summed E-state index contributed by atoms with van der Waals surface area (Å²) in [5, 5.41) is 13.8. The lowest BCUT2D eigenvalue weighted by Crippen LogP contribution is -2.27. The molecule has 5 aromatic rings. The van der Waals surface area contributed by atoms with Crippen molar-refractivity contribution in [3.63, 3.8) is 0 Å². The molecule has 162 valence electrons. The first kappa shape index (κ1) is 20.4. The molecular formula is C26H22N6O. The number of hydrogen-bond donors (Lipinski definition) is 4. The van der Waals surface area contributed by atoms with Crippen molar-refractivity contribution >= 4 is 39.1 Å². The van der Waals surface area contributed by atoms with E-state index >= 15 is 0 Å². The molecule has 0 aliphatic carbocycles. The van der Waals surface area contributed by atoms with Gasteiger partial charge in [0.15, 0.2) is 5.82 Å². The average Bonchev–Trinajstić information content (AvgIpc) is 3.26. The number of nitrogens with two attached hydrogens (primary N) is 1. The lowest BCUT2D eigenvalue weighted by molar-refractivity contribution is 0.0931. The summed E-state index contributed by atoms with van der Waals surface area (Å²) in [6.07, 6.45) is 3.26. The van der Waals surface area contributed by atoms with Gasteiger partial charge in [0.25, 0.3) is 5.91 Å². The zero-order valence-corrected chi connectivity index (χ0v) is 18.0. The molecule has 5 rings (SSSR count). The highest BCUT2D eigenvalue weighted by Crippen LogP contribution is 2.25. The minimum Gasteiger partial charge on any atom is -0.398 e. The zero-order chi connectivity index (χ0) is 22.9. The maximum absolute atomic E-state index is 13.0. The van der Waals surface area contributed by atoms with Gasteiger partial charge in [-0.05, 0) is 47.5 Å². The fraction of sp³-hybridized carbons (Fsp3) is 0.0769. The van der Waals surface area contributed by atoms with Gasteiger partial charge in [-0.1, -0.05) is 42.5 Å². The van der Waals surface area contributed by atoms with Crippen molar-refractivity contribution in [1.82, 2.24) is 20.3 Å². The number of carbonyl (C=O) groups is 1. The Labute approximate surface area is 190 Å². The number of carbonyl (C=O) groups excluding carboxylic acids is 1. The Morgan fingerprint density at radius 1 is 1.06 bits per heavy atom. The van der Waals surface area contributed by atoms with Crippen LogP contribution in [0.25, 0.3) is 21.8 Å². The number of anilines is 1. The summed E-state index contributed by atoms with van der Waals surface area (Å²) in [5.41, 5.74) is 10.4.